The molecule has 0 heterocycles. The Labute approximate surface area is 123 Å². The van der Waals surface area contributed by atoms with Crippen LogP contribution in [0.2, 0.25) is 0 Å². The van der Waals surface area contributed by atoms with Crippen LogP contribution in [0.15, 0.2) is 30.3 Å². The van der Waals surface area contributed by atoms with Crippen molar-refractivity contribution >= 4 is 0 Å². The number of likely N-dealkylation sites (N-methyl/N-ethyl adjacent to an activating group) is 1. The van der Waals surface area contributed by atoms with E-state index in [1.165, 1.54) is 37.7 Å². The first-order chi connectivity index (χ1) is 9.86. The Morgan fingerprint density at radius 2 is 1.80 bits per heavy atom. The van der Waals surface area contributed by atoms with Gasteiger partial charge < -0.3 is 10.1 Å². The first-order valence-corrected chi connectivity index (χ1v) is 8.26. The molecule has 0 spiro atoms. The largest absolute Gasteiger partial charge is 0.372 e. The van der Waals surface area contributed by atoms with Crippen molar-refractivity contribution in [2.24, 2.45) is 5.92 Å². The minimum atomic E-state index is 0.184. The topological polar surface area (TPSA) is 21.3 Å². The third kappa shape index (κ3) is 4.07. The Balaban J connectivity index is 2.17. The van der Waals surface area contributed by atoms with Gasteiger partial charge in [-0.1, -0.05) is 56.5 Å². The molecule has 2 heteroatoms. The van der Waals surface area contributed by atoms with E-state index < -0.39 is 0 Å². The fourth-order valence-electron chi connectivity index (χ4n) is 3.48. The number of rotatable bonds is 7. The summed E-state index contributed by atoms with van der Waals surface area (Å²) in [6.45, 7) is 6.08. The minimum absolute atomic E-state index is 0.184. The van der Waals surface area contributed by atoms with E-state index in [0.29, 0.717) is 6.04 Å². The van der Waals surface area contributed by atoms with E-state index in [4.69, 9.17) is 4.74 Å². The van der Waals surface area contributed by atoms with Crippen LogP contribution in [0.5, 0.6) is 0 Å². The van der Waals surface area contributed by atoms with Crippen LogP contribution in [-0.2, 0) is 4.74 Å². The maximum absolute atomic E-state index is 6.13. The van der Waals surface area contributed by atoms with Crippen molar-refractivity contribution in [3.05, 3.63) is 35.9 Å². The van der Waals surface area contributed by atoms with E-state index in [1.54, 1.807) is 0 Å². The second kappa shape index (κ2) is 8.43. The highest BCUT2D eigenvalue weighted by Gasteiger charge is 2.31. The van der Waals surface area contributed by atoms with E-state index in [0.717, 1.165) is 19.1 Å². The SMILES string of the molecule is CCNC(C1CCCCC1)C(OCC)c1ccccc1. The molecular weight excluding hydrogens is 246 g/mol. The summed E-state index contributed by atoms with van der Waals surface area (Å²) in [4.78, 5) is 0. The molecule has 2 atom stereocenters. The van der Waals surface area contributed by atoms with Crippen molar-refractivity contribution < 1.29 is 4.74 Å². The maximum Gasteiger partial charge on any atom is 0.0980 e. The molecule has 0 radical (unpaired) electrons. The monoisotopic (exact) mass is 275 g/mol. The van der Waals surface area contributed by atoms with Gasteiger partial charge in [-0.05, 0) is 37.8 Å². The molecule has 1 N–H and O–H groups in total. The normalized spacial score (nSPS) is 19.7. The first kappa shape index (κ1) is 15.5. The molecule has 0 aliphatic heterocycles. The summed E-state index contributed by atoms with van der Waals surface area (Å²) in [5, 5.41) is 3.71. The molecule has 2 nitrogen and oxygen atoms in total. The second-order valence-corrected chi connectivity index (χ2v) is 5.77. The molecular formula is C18H29NO. The maximum atomic E-state index is 6.13. The molecule has 1 fully saturated rings. The highest BCUT2D eigenvalue weighted by atomic mass is 16.5. The molecule has 0 saturated heterocycles. The van der Waals surface area contributed by atoms with Crippen LogP contribution < -0.4 is 5.32 Å². The lowest BCUT2D eigenvalue weighted by Crippen LogP contribution is -2.43. The van der Waals surface area contributed by atoms with Gasteiger partial charge in [0.2, 0.25) is 0 Å². The van der Waals surface area contributed by atoms with Crippen LogP contribution >= 0.6 is 0 Å². The van der Waals surface area contributed by atoms with Gasteiger partial charge in [-0.25, -0.2) is 0 Å². The number of ether oxygens (including phenoxy) is 1. The van der Waals surface area contributed by atoms with Gasteiger partial charge in [0, 0.05) is 12.6 Å². The Morgan fingerprint density at radius 3 is 2.40 bits per heavy atom. The Morgan fingerprint density at radius 1 is 1.10 bits per heavy atom. The zero-order valence-electron chi connectivity index (χ0n) is 13.0. The van der Waals surface area contributed by atoms with Crippen molar-refractivity contribution in [1.82, 2.24) is 5.32 Å². The first-order valence-electron chi connectivity index (χ1n) is 8.26. The third-order valence-corrected chi connectivity index (χ3v) is 4.40. The minimum Gasteiger partial charge on any atom is -0.372 e. The van der Waals surface area contributed by atoms with Crippen LogP contribution in [0, 0.1) is 5.92 Å². The van der Waals surface area contributed by atoms with E-state index in [1.807, 2.05) is 0 Å². The van der Waals surface area contributed by atoms with E-state index in [9.17, 15) is 0 Å². The lowest BCUT2D eigenvalue weighted by molar-refractivity contribution is 0.0104. The molecule has 0 bridgehead atoms. The molecule has 2 rings (SSSR count). The summed E-state index contributed by atoms with van der Waals surface area (Å²) >= 11 is 0. The molecule has 112 valence electrons. The van der Waals surface area contributed by atoms with Crippen LogP contribution in [0.4, 0.5) is 0 Å². The van der Waals surface area contributed by atoms with Gasteiger partial charge in [-0.3, -0.25) is 0 Å². The summed E-state index contributed by atoms with van der Waals surface area (Å²) in [6, 6.07) is 11.2. The van der Waals surface area contributed by atoms with Crippen molar-refractivity contribution in [2.75, 3.05) is 13.2 Å². The van der Waals surface area contributed by atoms with Crippen molar-refractivity contribution in [1.29, 1.82) is 0 Å². The van der Waals surface area contributed by atoms with Gasteiger partial charge in [0.05, 0.1) is 6.10 Å². The Bertz CT molecular complexity index is 359. The standard InChI is InChI=1S/C18H29NO/c1-3-19-17(15-11-7-5-8-12-15)18(20-4-2)16-13-9-6-10-14-16/h6,9-10,13-15,17-19H,3-5,7-8,11-12H2,1-2H3. The van der Waals surface area contributed by atoms with Gasteiger partial charge in [0.15, 0.2) is 0 Å². The smallest absolute Gasteiger partial charge is 0.0980 e. The molecule has 1 aromatic rings. The van der Waals surface area contributed by atoms with Crippen LogP contribution in [0.1, 0.15) is 57.6 Å². The molecule has 0 amide bonds. The molecule has 1 aliphatic rings. The van der Waals surface area contributed by atoms with Gasteiger partial charge in [-0.2, -0.15) is 0 Å². The Kier molecular flexibility index (Phi) is 6.55. The van der Waals surface area contributed by atoms with Crippen molar-refractivity contribution in [3.8, 4) is 0 Å². The summed E-state index contributed by atoms with van der Waals surface area (Å²) in [7, 11) is 0. The van der Waals surface area contributed by atoms with E-state index in [-0.39, 0.29) is 6.10 Å². The van der Waals surface area contributed by atoms with Gasteiger partial charge in [0.25, 0.3) is 0 Å². The van der Waals surface area contributed by atoms with E-state index >= 15 is 0 Å². The third-order valence-electron chi connectivity index (χ3n) is 4.40. The van der Waals surface area contributed by atoms with Gasteiger partial charge >= 0.3 is 0 Å². The van der Waals surface area contributed by atoms with Gasteiger partial charge in [0.1, 0.15) is 0 Å². The van der Waals surface area contributed by atoms with Crippen LogP contribution in [-0.4, -0.2) is 19.2 Å². The fourth-order valence-corrected chi connectivity index (χ4v) is 3.48. The molecule has 1 aromatic carbocycles. The van der Waals surface area contributed by atoms with Crippen LogP contribution in [0.25, 0.3) is 0 Å². The average Bonchev–Trinajstić information content (AvgIpc) is 2.52. The summed E-state index contributed by atoms with van der Waals surface area (Å²) in [5.74, 6) is 0.750. The zero-order chi connectivity index (χ0) is 14.2. The molecule has 2 unspecified atom stereocenters. The predicted octanol–water partition coefficient (Wildman–Crippen LogP) is 4.32. The summed E-state index contributed by atoms with van der Waals surface area (Å²) in [5.41, 5.74) is 1.31. The molecule has 1 saturated carbocycles. The summed E-state index contributed by atoms with van der Waals surface area (Å²) in [6.07, 6.45) is 7.02. The average molecular weight is 275 g/mol. The number of benzene rings is 1. The lowest BCUT2D eigenvalue weighted by Gasteiger charge is -2.36. The Hall–Kier alpha value is -0.860. The number of hydrogen-bond donors (Lipinski definition) is 1. The van der Waals surface area contributed by atoms with Gasteiger partial charge in [-0.15, -0.1) is 0 Å². The summed E-state index contributed by atoms with van der Waals surface area (Å²) < 4.78 is 6.13. The quantitative estimate of drug-likeness (QED) is 0.800. The van der Waals surface area contributed by atoms with Crippen molar-refractivity contribution in [3.63, 3.8) is 0 Å². The second-order valence-electron chi connectivity index (χ2n) is 5.77. The lowest BCUT2D eigenvalue weighted by atomic mass is 9.80. The molecule has 20 heavy (non-hydrogen) atoms. The molecule has 0 aromatic heterocycles. The predicted molar refractivity (Wildman–Crippen MR) is 84.8 cm³/mol. The van der Waals surface area contributed by atoms with Crippen molar-refractivity contribution in [2.45, 2.75) is 58.1 Å². The number of nitrogens with one attached hydrogen (secondary N) is 1. The highest BCUT2D eigenvalue weighted by Crippen LogP contribution is 2.34. The van der Waals surface area contributed by atoms with E-state index in [2.05, 4.69) is 49.5 Å². The number of hydrogen-bond acceptors (Lipinski definition) is 2. The zero-order valence-corrected chi connectivity index (χ0v) is 13.0. The highest BCUT2D eigenvalue weighted by molar-refractivity contribution is 5.19. The fraction of sp³-hybridized carbons (Fsp3) is 0.667. The van der Waals surface area contributed by atoms with Crippen LogP contribution in [0.3, 0.4) is 0 Å². The molecule has 1 aliphatic carbocycles.